The Morgan fingerprint density at radius 2 is 2.10 bits per heavy atom. The molecule has 1 atom stereocenters. The zero-order valence-electron chi connectivity index (χ0n) is 11.7. The Morgan fingerprint density at radius 3 is 2.71 bits per heavy atom. The van der Waals surface area contributed by atoms with Crippen molar-refractivity contribution in [1.29, 1.82) is 0 Å². The molecule has 1 aromatic heterocycles. The molecule has 1 unspecified atom stereocenters. The molecule has 21 heavy (non-hydrogen) atoms. The third-order valence-electron chi connectivity index (χ3n) is 3.08. The molecule has 2 rings (SSSR count). The first-order valence-electron chi connectivity index (χ1n) is 6.76. The summed E-state index contributed by atoms with van der Waals surface area (Å²) in [5.41, 5.74) is 1.00. The van der Waals surface area contributed by atoms with Crippen LogP contribution in [0.3, 0.4) is 0 Å². The number of para-hydroxylation sites is 1. The molecule has 6 nitrogen and oxygen atoms in total. The van der Waals surface area contributed by atoms with Crippen LogP contribution < -0.4 is 5.32 Å². The maximum absolute atomic E-state index is 12.3. The van der Waals surface area contributed by atoms with Crippen molar-refractivity contribution in [3.63, 3.8) is 0 Å². The summed E-state index contributed by atoms with van der Waals surface area (Å²) >= 11 is 0. The van der Waals surface area contributed by atoms with Crippen LogP contribution in [-0.2, 0) is 4.79 Å². The summed E-state index contributed by atoms with van der Waals surface area (Å²) < 4.78 is 1.57. The molecule has 2 aromatic rings. The van der Waals surface area contributed by atoms with E-state index in [1.54, 1.807) is 47.4 Å². The summed E-state index contributed by atoms with van der Waals surface area (Å²) in [7, 11) is 0. The van der Waals surface area contributed by atoms with Gasteiger partial charge in [0.05, 0.1) is 11.3 Å². The van der Waals surface area contributed by atoms with Crippen molar-refractivity contribution in [1.82, 2.24) is 15.1 Å². The number of benzene rings is 1. The van der Waals surface area contributed by atoms with E-state index in [0.29, 0.717) is 24.1 Å². The van der Waals surface area contributed by atoms with Gasteiger partial charge in [-0.3, -0.25) is 4.79 Å². The number of hydrogen-bond donors (Lipinski definition) is 2. The lowest BCUT2D eigenvalue weighted by Gasteiger charge is -2.15. The van der Waals surface area contributed by atoms with Gasteiger partial charge < -0.3 is 10.4 Å². The third kappa shape index (κ3) is 3.47. The van der Waals surface area contributed by atoms with E-state index in [4.69, 9.17) is 5.11 Å². The molecular weight excluding hydrogens is 270 g/mol. The highest BCUT2D eigenvalue weighted by Crippen LogP contribution is 2.14. The number of amides is 1. The largest absolute Gasteiger partial charge is 0.480 e. The van der Waals surface area contributed by atoms with Crippen LogP contribution in [0.5, 0.6) is 0 Å². The molecule has 2 N–H and O–H groups in total. The van der Waals surface area contributed by atoms with Crippen LogP contribution in [0.1, 0.15) is 30.1 Å². The van der Waals surface area contributed by atoms with Crippen LogP contribution in [0.4, 0.5) is 0 Å². The van der Waals surface area contributed by atoms with Gasteiger partial charge >= 0.3 is 5.97 Å². The Balaban J connectivity index is 2.25. The van der Waals surface area contributed by atoms with E-state index in [0.717, 1.165) is 0 Å². The lowest BCUT2D eigenvalue weighted by atomic mass is 10.1. The van der Waals surface area contributed by atoms with Crippen molar-refractivity contribution in [3.05, 3.63) is 48.3 Å². The van der Waals surface area contributed by atoms with Gasteiger partial charge in [-0.15, -0.1) is 0 Å². The summed E-state index contributed by atoms with van der Waals surface area (Å²) in [5, 5.41) is 15.8. The topological polar surface area (TPSA) is 84.2 Å². The second kappa shape index (κ2) is 6.69. The predicted octanol–water partition coefficient (Wildman–Crippen LogP) is 1.86. The average molecular weight is 287 g/mol. The lowest BCUT2D eigenvalue weighted by Crippen LogP contribution is -2.41. The standard InChI is InChI=1S/C15H17N3O3/c1-2-6-12(15(20)21)17-14(19)11-7-3-4-8-13(11)18-10-5-9-16-18/h3-5,7-10,12H,2,6H2,1H3,(H,17,19)(H,20,21). The van der Waals surface area contributed by atoms with Gasteiger partial charge in [0, 0.05) is 12.4 Å². The average Bonchev–Trinajstić information content (AvgIpc) is 3.00. The number of nitrogens with zero attached hydrogens (tertiary/aromatic N) is 2. The van der Waals surface area contributed by atoms with Crippen LogP contribution in [-0.4, -0.2) is 32.8 Å². The highest BCUT2D eigenvalue weighted by atomic mass is 16.4. The molecule has 0 fully saturated rings. The van der Waals surface area contributed by atoms with Crippen molar-refractivity contribution in [2.75, 3.05) is 0 Å². The summed E-state index contributed by atoms with van der Waals surface area (Å²) in [5.74, 6) is -1.44. The number of carboxylic acids is 1. The minimum absolute atomic E-state index is 0.392. The number of carbonyl (C=O) groups excluding carboxylic acids is 1. The summed E-state index contributed by atoms with van der Waals surface area (Å²) in [6.45, 7) is 1.87. The Bertz CT molecular complexity index is 623. The fourth-order valence-electron chi connectivity index (χ4n) is 2.06. The second-order valence-corrected chi connectivity index (χ2v) is 4.62. The minimum Gasteiger partial charge on any atom is -0.480 e. The van der Waals surface area contributed by atoms with E-state index in [2.05, 4.69) is 10.4 Å². The van der Waals surface area contributed by atoms with Crippen LogP contribution in [0.15, 0.2) is 42.7 Å². The number of aromatic nitrogens is 2. The maximum Gasteiger partial charge on any atom is 0.326 e. The number of nitrogens with one attached hydrogen (secondary N) is 1. The second-order valence-electron chi connectivity index (χ2n) is 4.62. The third-order valence-corrected chi connectivity index (χ3v) is 3.08. The van der Waals surface area contributed by atoms with Gasteiger partial charge in [0.2, 0.25) is 0 Å². The number of rotatable bonds is 6. The van der Waals surface area contributed by atoms with E-state index >= 15 is 0 Å². The van der Waals surface area contributed by atoms with Gasteiger partial charge in [-0.2, -0.15) is 5.10 Å². The monoisotopic (exact) mass is 287 g/mol. The number of hydrogen-bond acceptors (Lipinski definition) is 3. The number of carboxylic acid groups (broad SMARTS) is 1. The quantitative estimate of drug-likeness (QED) is 0.849. The minimum atomic E-state index is -1.03. The molecule has 1 heterocycles. The molecule has 1 amide bonds. The maximum atomic E-state index is 12.3. The van der Waals surface area contributed by atoms with Crippen LogP contribution in [0, 0.1) is 0 Å². The zero-order valence-corrected chi connectivity index (χ0v) is 11.7. The smallest absolute Gasteiger partial charge is 0.326 e. The van der Waals surface area contributed by atoms with Crippen molar-refractivity contribution >= 4 is 11.9 Å². The van der Waals surface area contributed by atoms with Gasteiger partial charge in [0.15, 0.2) is 0 Å². The zero-order chi connectivity index (χ0) is 15.2. The first kappa shape index (κ1) is 14.8. The van der Waals surface area contributed by atoms with Gasteiger partial charge in [-0.1, -0.05) is 25.5 Å². The molecule has 0 aliphatic carbocycles. The van der Waals surface area contributed by atoms with Crippen LogP contribution in [0.25, 0.3) is 5.69 Å². The Hall–Kier alpha value is -2.63. The molecule has 0 aliphatic rings. The molecule has 6 heteroatoms. The van der Waals surface area contributed by atoms with E-state index in [-0.39, 0.29) is 0 Å². The molecular formula is C15H17N3O3. The molecule has 0 saturated heterocycles. The highest BCUT2D eigenvalue weighted by Gasteiger charge is 2.21. The van der Waals surface area contributed by atoms with Crippen molar-refractivity contribution in [2.24, 2.45) is 0 Å². The fourth-order valence-corrected chi connectivity index (χ4v) is 2.06. The molecule has 0 saturated carbocycles. The SMILES string of the molecule is CCCC(NC(=O)c1ccccc1-n1cccn1)C(=O)O. The van der Waals surface area contributed by atoms with Crippen molar-refractivity contribution < 1.29 is 14.7 Å². The molecule has 0 spiro atoms. The van der Waals surface area contributed by atoms with E-state index in [1.807, 2.05) is 6.92 Å². The molecule has 1 aromatic carbocycles. The Morgan fingerprint density at radius 1 is 1.33 bits per heavy atom. The Labute approximate surface area is 122 Å². The first-order chi connectivity index (χ1) is 10.1. The van der Waals surface area contributed by atoms with Crippen LogP contribution >= 0.6 is 0 Å². The van der Waals surface area contributed by atoms with E-state index in [9.17, 15) is 9.59 Å². The van der Waals surface area contributed by atoms with Crippen molar-refractivity contribution in [2.45, 2.75) is 25.8 Å². The molecule has 110 valence electrons. The van der Waals surface area contributed by atoms with E-state index in [1.165, 1.54) is 0 Å². The van der Waals surface area contributed by atoms with Gasteiger partial charge in [0.1, 0.15) is 6.04 Å². The highest BCUT2D eigenvalue weighted by molar-refractivity contribution is 5.99. The predicted molar refractivity (Wildman–Crippen MR) is 77.4 cm³/mol. The van der Waals surface area contributed by atoms with Gasteiger partial charge in [0.25, 0.3) is 5.91 Å². The fraction of sp³-hybridized carbons (Fsp3) is 0.267. The van der Waals surface area contributed by atoms with Crippen LogP contribution in [0.2, 0.25) is 0 Å². The number of aliphatic carboxylic acids is 1. The van der Waals surface area contributed by atoms with Crippen molar-refractivity contribution in [3.8, 4) is 5.69 Å². The molecule has 0 bridgehead atoms. The molecule has 0 aliphatic heterocycles. The van der Waals surface area contributed by atoms with Gasteiger partial charge in [-0.25, -0.2) is 9.48 Å². The first-order valence-corrected chi connectivity index (χ1v) is 6.76. The van der Waals surface area contributed by atoms with Gasteiger partial charge in [-0.05, 0) is 24.6 Å². The molecule has 0 radical (unpaired) electrons. The Kier molecular flexibility index (Phi) is 4.71. The lowest BCUT2D eigenvalue weighted by molar-refractivity contribution is -0.139. The van der Waals surface area contributed by atoms with E-state index < -0.39 is 17.9 Å². The summed E-state index contributed by atoms with van der Waals surface area (Å²) in [6.07, 6.45) is 4.42. The normalized spacial score (nSPS) is 11.9. The number of carbonyl (C=O) groups is 2. The summed E-state index contributed by atoms with van der Waals surface area (Å²) in [4.78, 5) is 23.5. The summed E-state index contributed by atoms with van der Waals surface area (Å²) in [6, 6.07) is 7.82.